The van der Waals surface area contributed by atoms with Gasteiger partial charge < -0.3 is 10.0 Å². The molecule has 0 fully saturated rings. The molecule has 25 heavy (non-hydrogen) atoms. The number of nitrogens with zero attached hydrogens (tertiary/aromatic N) is 1. The number of aryl methyl sites for hydroxylation is 1. The Balaban J connectivity index is 2.00. The third-order valence-corrected chi connectivity index (χ3v) is 5.12. The number of hydrogen-bond acceptors (Lipinski definition) is 2. The highest BCUT2D eigenvalue weighted by Crippen LogP contribution is 2.40. The number of rotatable bonds is 4. The molecule has 0 aromatic heterocycles. The predicted octanol–water partition coefficient (Wildman–Crippen LogP) is 5.37. The van der Waals surface area contributed by atoms with Gasteiger partial charge in [-0.3, -0.25) is 0 Å². The van der Waals surface area contributed by atoms with E-state index in [2.05, 4.69) is 56.3 Å². The zero-order valence-electron chi connectivity index (χ0n) is 15.6. The van der Waals surface area contributed by atoms with Crippen LogP contribution in [0.5, 0.6) is 5.75 Å². The average Bonchev–Trinajstić information content (AvgIpc) is 2.77. The minimum absolute atomic E-state index is 0.352. The van der Waals surface area contributed by atoms with E-state index in [9.17, 15) is 5.11 Å². The minimum atomic E-state index is 0.352. The summed E-state index contributed by atoms with van der Waals surface area (Å²) in [6.45, 7) is 3.16. The fourth-order valence-corrected chi connectivity index (χ4v) is 3.99. The van der Waals surface area contributed by atoms with E-state index in [0.29, 0.717) is 11.7 Å². The van der Waals surface area contributed by atoms with Crippen LogP contribution in [-0.4, -0.2) is 30.6 Å². The second-order valence-electron chi connectivity index (χ2n) is 7.58. The van der Waals surface area contributed by atoms with Gasteiger partial charge in [-0.15, -0.1) is 0 Å². The summed E-state index contributed by atoms with van der Waals surface area (Å²) in [5.74, 6) is 0.905. The standard InChI is InChI=1S/C23H29NO/c1-17-7-4-8-18(13-17)19-9-5-11-21(16-24(2)3)23(15-19)20-10-6-12-22(25)14-20/h4,6-8,10,12-14,19,25H,5,9,11,15-16H2,1-3H3. The van der Waals surface area contributed by atoms with Crippen LogP contribution in [0.25, 0.3) is 5.57 Å². The molecule has 1 atom stereocenters. The molecule has 0 amide bonds. The maximum Gasteiger partial charge on any atom is 0.116 e. The average molecular weight is 335 g/mol. The molecule has 3 rings (SSSR count). The Bertz CT molecular complexity index is 760. The first-order valence-electron chi connectivity index (χ1n) is 9.24. The highest BCUT2D eigenvalue weighted by atomic mass is 16.3. The molecule has 2 heteroatoms. The summed E-state index contributed by atoms with van der Waals surface area (Å²) in [7, 11) is 4.27. The number of phenols is 1. The molecule has 1 aliphatic rings. The number of allylic oxidation sites excluding steroid dienone is 1. The monoisotopic (exact) mass is 335 g/mol. The molecule has 0 saturated carbocycles. The van der Waals surface area contributed by atoms with Crippen LogP contribution in [0.2, 0.25) is 0 Å². The summed E-state index contributed by atoms with van der Waals surface area (Å²) < 4.78 is 0. The van der Waals surface area contributed by atoms with Crippen LogP contribution in [0.3, 0.4) is 0 Å². The van der Waals surface area contributed by atoms with E-state index in [0.717, 1.165) is 19.4 Å². The third kappa shape index (κ3) is 4.52. The van der Waals surface area contributed by atoms with Crippen LogP contribution in [0.15, 0.2) is 54.1 Å². The molecule has 0 radical (unpaired) electrons. The van der Waals surface area contributed by atoms with E-state index in [1.54, 1.807) is 6.07 Å². The van der Waals surface area contributed by atoms with Crippen molar-refractivity contribution >= 4 is 5.57 Å². The topological polar surface area (TPSA) is 23.5 Å². The maximum atomic E-state index is 9.97. The van der Waals surface area contributed by atoms with E-state index in [1.807, 2.05) is 12.1 Å². The van der Waals surface area contributed by atoms with Gasteiger partial charge >= 0.3 is 0 Å². The highest BCUT2D eigenvalue weighted by Gasteiger charge is 2.22. The van der Waals surface area contributed by atoms with E-state index in [-0.39, 0.29) is 0 Å². The van der Waals surface area contributed by atoms with Crippen molar-refractivity contribution < 1.29 is 5.11 Å². The van der Waals surface area contributed by atoms with Gasteiger partial charge in [-0.05, 0) is 81.5 Å². The van der Waals surface area contributed by atoms with Crippen molar-refractivity contribution in [3.8, 4) is 5.75 Å². The fourth-order valence-electron chi connectivity index (χ4n) is 3.99. The number of benzene rings is 2. The minimum Gasteiger partial charge on any atom is -0.508 e. The number of likely N-dealkylation sites (N-methyl/N-ethyl adjacent to an activating group) is 1. The van der Waals surface area contributed by atoms with Gasteiger partial charge in [0.1, 0.15) is 5.75 Å². The summed E-state index contributed by atoms with van der Waals surface area (Å²) in [4.78, 5) is 2.26. The van der Waals surface area contributed by atoms with E-state index in [1.165, 1.54) is 40.7 Å². The van der Waals surface area contributed by atoms with Crippen LogP contribution < -0.4 is 0 Å². The van der Waals surface area contributed by atoms with Crippen LogP contribution in [0.1, 0.15) is 48.3 Å². The smallest absolute Gasteiger partial charge is 0.116 e. The van der Waals surface area contributed by atoms with Crippen molar-refractivity contribution in [1.82, 2.24) is 4.90 Å². The van der Waals surface area contributed by atoms with Crippen LogP contribution in [0, 0.1) is 6.92 Å². The lowest BCUT2D eigenvalue weighted by molar-refractivity contribution is 0.438. The fraction of sp³-hybridized carbons (Fsp3) is 0.391. The number of aromatic hydroxyl groups is 1. The lowest BCUT2D eigenvalue weighted by atomic mass is 9.86. The Morgan fingerprint density at radius 1 is 1.08 bits per heavy atom. The zero-order chi connectivity index (χ0) is 17.8. The van der Waals surface area contributed by atoms with Crippen LogP contribution in [0.4, 0.5) is 0 Å². The summed E-state index contributed by atoms with van der Waals surface area (Å²) in [6.07, 6.45) is 4.65. The largest absolute Gasteiger partial charge is 0.508 e. The summed E-state index contributed by atoms with van der Waals surface area (Å²) in [5.41, 5.74) is 6.90. The quantitative estimate of drug-likeness (QED) is 0.811. The molecule has 0 saturated heterocycles. The van der Waals surface area contributed by atoms with Gasteiger partial charge in [-0.25, -0.2) is 0 Å². The molecular formula is C23H29NO. The molecule has 1 N–H and O–H groups in total. The van der Waals surface area contributed by atoms with Gasteiger partial charge in [0.15, 0.2) is 0 Å². The Morgan fingerprint density at radius 3 is 2.60 bits per heavy atom. The lowest BCUT2D eigenvalue weighted by Gasteiger charge is -2.20. The number of phenolic OH excluding ortho intramolecular Hbond substituents is 1. The highest BCUT2D eigenvalue weighted by molar-refractivity contribution is 5.71. The van der Waals surface area contributed by atoms with E-state index in [4.69, 9.17) is 0 Å². The van der Waals surface area contributed by atoms with E-state index < -0.39 is 0 Å². The van der Waals surface area contributed by atoms with Crippen molar-refractivity contribution in [2.75, 3.05) is 20.6 Å². The van der Waals surface area contributed by atoms with Gasteiger partial charge in [0.05, 0.1) is 0 Å². The molecule has 0 bridgehead atoms. The molecule has 0 aliphatic heterocycles. The predicted molar refractivity (Wildman–Crippen MR) is 106 cm³/mol. The molecule has 2 aromatic rings. The van der Waals surface area contributed by atoms with Gasteiger partial charge in [-0.2, -0.15) is 0 Å². The van der Waals surface area contributed by atoms with Gasteiger partial charge in [0, 0.05) is 6.54 Å². The second-order valence-corrected chi connectivity index (χ2v) is 7.58. The SMILES string of the molecule is Cc1cccc(C2CCCC(CN(C)C)=C(c3cccc(O)c3)C2)c1. The van der Waals surface area contributed by atoms with Gasteiger partial charge in [0.2, 0.25) is 0 Å². The second kappa shape index (κ2) is 7.88. The van der Waals surface area contributed by atoms with Crippen molar-refractivity contribution in [1.29, 1.82) is 0 Å². The third-order valence-electron chi connectivity index (χ3n) is 5.12. The Kier molecular flexibility index (Phi) is 5.60. The Labute approximate surface area is 151 Å². The van der Waals surface area contributed by atoms with Crippen molar-refractivity contribution in [3.63, 3.8) is 0 Å². The molecule has 1 aliphatic carbocycles. The molecule has 2 aromatic carbocycles. The molecule has 132 valence electrons. The lowest BCUT2D eigenvalue weighted by Crippen LogP contribution is -2.16. The van der Waals surface area contributed by atoms with Gasteiger partial charge in [-0.1, -0.05) is 47.5 Å². The Morgan fingerprint density at radius 2 is 1.88 bits per heavy atom. The first-order valence-corrected chi connectivity index (χ1v) is 9.24. The van der Waals surface area contributed by atoms with Crippen molar-refractivity contribution in [2.24, 2.45) is 0 Å². The van der Waals surface area contributed by atoms with Gasteiger partial charge in [0.25, 0.3) is 0 Å². The van der Waals surface area contributed by atoms with Crippen molar-refractivity contribution in [2.45, 2.75) is 38.5 Å². The molecule has 0 heterocycles. The summed E-state index contributed by atoms with van der Waals surface area (Å²) in [5, 5.41) is 9.97. The molecule has 0 spiro atoms. The molecule has 2 nitrogen and oxygen atoms in total. The number of hydrogen-bond donors (Lipinski definition) is 1. The summed E-state index contributed by atoms with van der Waals surface area (Å²) in [6, 6.07) is 16.7. The summed E-state index contributed by atoms with van der Waals surface area (Å²) >= 11 is 0. The van der Waals surface area contributed by atoms with E-state index >= 15 is 0 Å². The zero-order valence-corrected chi connectivity index (χ0v) is 15.6. The van der Waals surface area contributed by atoms with Crippen molar-refractivity contribution in [3.05, 3.63) is 70.8 Å². The first-order chi connectivity index (χ1) is 12.0. The molecular weight excluding hydrogens is 306 g/mol. The van der Waals surface area contributed by atoms with Crippen LogP contribution >= 0.6 is 0 Å². The first kappa shape index (κ1) is 17.8. The van der Waals surface area contributed by atoms with Crippen LogP contribution in [-0.2, 0) is 0 Å². The maximum absolute atomic E-state index is 9.97. The Hall–Kier alpha value is -2.06. The normalized spacial score (nSPS) is 18.5. The molecule has 1 unspecified atom stereocenters.